The maximum atomic E-state index is 9.93. The Hall–Kier alpha value is -0.970. The maximum absolute atomic E-state index is 9.93. The van der Waals surface area contributed by atoms with Gasteiger partial charge < -0.3 is 5.11 Å². The second-order valence-corrected chi connectivity index (χ2v) is 4.05. The van der Waals surface area contributed by atoms with E-state index in [0.29, 0.717) is 17.9 Å². The molecule has 2 heteroatoms. The van der Waals surface area contributed by atoms with Crippen molar-refractivity contribution >= 4 is 11.6 Å². The number of hydrogen-bond donors (Lipinski definition) is 1. The summed E-state index contributed by atoms with van der Waals surface area (Å²) in [6.45, 7) is 1.97. The number of terminal acetylenes is 1. The molecule has 1 unspecified atom stereocenters. The Kier molecular flexibility index (Phi) is 4.68. The molecule has 0 aliphatic carbocycles. The Morgan fingerprint density at radius 3 is 2.93 bits per heavy atom. The van der Waals surface area contributed by atoms with Gasteiger partial charge in [-0.3, -0.25) is 0 Å². The van der Waals surface area contributed by atoms with Crippen LogP contribution in [0, 0.1) is 19.3 Å². The van der Waals surface area contributed by atoms with E-state index in [9.17, 15) is 5.11 Å². The highest BCUT2D eigenvalue weighted by molar-refractivity contribution is 6.30. The Bertz CT molecular complexity index is 365. The lowest BCUT2D eigenvalue weighted by atomic mass is 9.99. The van der Waals surface area contributed by atoms with Crippen molar-refractivity contribution < 1.29 is 5.11 Å². The Labute approximate surface area is 96.1 Å². The van der Waals surface area contributed by atoms with E-state index in [-0.39, 0.29) is 0 Å². The van der Waals surface area contributed by atoms with Crippen molar-refractivity contribution in [3.8, 4) is 12.3 Å². The van der Waals surface area contributed by atoms with Crippen LogP contribution in [0.3, 0.4) is 0 Å². The van der Waals surface area contributed by atoms with E-state index in [0.717, 1.165) is 17.5 Å². The van der Waals surface area contributed by atoms with Crippen LogP contribution in [0.25, 0.3) is 0 Å². The number of unbranched alkanes of at least 4 members (excludes halogenated alkanes) is 1. The number of hydrogen-bond acceptors (Lipinski definition) is 1. The lowest BCUT2D eigenvalue weighted by Crippen LogP contribution is -1.99. The quantitative estimate of drug-likeness (QED) is 0.611. The van der Waals surface area contributed by atoms with Gasteiger partial charge in [0.25, 0.3) is 0 Å². The summed E-state index contributed by atoms with van der Waals surface area (Å²) >= 11 is 5.88. The highest BCUT2D eigenvalue weighted by Gasteiger charge is 2.10. The molecule has 0 aliphatic rings. The molecule has 0 heterocycles. The summed E-state index contributed by atoms with van der Waals surface area (Å²) in [5, 5.41) is 10.6. The van der Waals surface area contributed by atoms with Gasteiger partial charge in [-0.05, 0) is 43.0 Å². The molecule has 1 aromatic carbocycles. The van der Waals surface area contributed by atoms with Gasteiger partial charge in [-0.1, -0.05) is 17.7 Å². The highest BCUT2D eigenvalue weighted by Crippen LogP contribution is 2.25. The molecule has 0 aromatic heterocycles. The average molecular weight is 223 g/mol. The summed E-state index contributed by atoms with van der Waals surface area (Å²) in [5.74, 6) is 2.56. The number of aliphatic hydroxyl groups is 1. The normalized spacial score (nSPS) is 12.1. The van der Waals surface area contributed by atoms with Gasteiger partial charge in [-0.2, -0.15) is 0 Å². The molecule has 0 amide bonds. The molecular formula is C13H15ClO. The molecule has 0 saturated heterocycles. The fourth-order valence-electron chi connectivity index (χ4n) is 1.52. The van der Waals surface area contributed by atoms with Crippen LogP contribution >= 0.6 is 11.6 Å². The Morgan fingerprint density at radius 2 is 2.27 bits per heavy atom. The molecule has 1 aromatic rings. The van der Waals surface area contributed by atoms with Crippen molar-refractivity contribution in [1.29, 1.82) is 0 Å². The third-order valence-corrected chi connectivity index (χ3v) is 2.63. The Morgan fingerprint density at radius 1 is 1.53 bits per heavy atom. The second kappa shape index (κ2) is 5.80. The second-order valence-electron chi connectivity index (χ2n) is 3.61. The van der Waals surface area contributed by atoms with Crippen LogP contribution in [-0.4, -0.2) is 5.11 Å². The first-order chi connectivity index (χ1) is 7.15. The number of halogens is 1. The van der Waals surface area contributed by atoms with Gasteiger partial charge in [0.2, 0.25) is 0 Å². The summed E-state index contributed by atoms with van der Waals surface area (Å²) < 4.78 is 0. The fourth-order valence-corrected chi connectivity index (χ4v) is 1.70. The zero-order valence-electron chi connectivity index (χ0n) is 8.83. The molecule has 0 fully saturated rings. The average Bonchev–Trinajstić information content (AvgIpc) is 2.22. The van der Waals surface area contributed by atoms with Crippen molar-refractivity contribution in [3.63, 3.8) is 0 Å². The van der Waals surface area contributed by atoms with Gasteiger partial charge in [-0.25, -0.2) is 0 Å². The van der Waals surface area contributed by atoms with Crippen LogP contribution in [0.4, 0.5) is 0 Å². The molecule has 1 atom stereocenters. The summed E-state index contributed by atoms with van der Waals surface area (Å²) in [5.41, 5.74) is 1.96. The molecule has 1 nitrogen and oxygen atoms in total. The predicted molar refractivity (Wildman–Crippen MR) is 63.8 cm³/mol. The number of aliphatic hydroxyl groups excluding tert-OH is 1. The van der Waals surface area contributed by atoms with E-state index in [2.05, 4.69) is 5.92 Å². The van der Waals surface area contributed by atoms with Crippen LogP contribution in [0.5, 0.6) is 0 Å². The molecule has 1 rings (SSSR count). The zero-order valence-corrected chi connectivity index (χ0v) is 9.59. The molecule has 15 heavy (non-hydrogen) atoms. The lowest BCUT2D eigenvalue weighted by molar-refractivity contribution is 0.164. The summed E-state index contributed by atoms with van der Waals surface area (Å²) in [6.07, 6.45) is 6.92. The first-order valence-corrected chi connectivity index (χ1v) is 5.40. The van der Waals surface area contributed by atoms with E-state index < -0.39 is 6.10 Å². The molecule has 0 saturated carbocycles. The third-order valence-electron chi connectivity index (χ3n) is 2.40. The van der Waals surface area contributed by atoms with E-state index in [1.807, 2.05) is 25.1 Å². The van der Waals surface area contributed by atoms with E-state index >= 15 is 0 Å². The van der Waals surface area contributed by atoms with Crippen LogP contribution in [0.2, 0.25) is 5.02 Å². The molecule has 0 aliphatic heterocycles. The summed E-state index contributed by atoms with van der Waals surface area (Å²) in [7, 11) is 0. The van der Waals surface area contributed by atoms with Crippen molar-refractivity contribution in [1.82, 2.24) is 0 Å². The van der Waals surface area contributed by atoms with Crippen LogP contribution in [0.15, 0.2) is 18.2 Å². The van der Waals surface area contributed by atoms with Gasteiger partial charge in [0.15, 0.2) is 0 Å². The minimum absolute atomic E-state index is 0.461. The molecule has 0 radical (unpaired) electrons. The highest BCUT2D eigenvalue weighted by atomic mass is 35.5. The Balaban J connectivity index is 2.69. The smallest absolute Gasteiger partial charge is 0.0793 e. The van der Waals surface area contributed by atoms with Gasteiger partial charge >= 0.3 is 0 Å². The van der Waals surface area contributed by atoms with Gasteiger partial charge in [0, 0.05) is 11.4 Å². The van der Waals surface area contributed by atoms with Crippen LogP contribution < -0.4 is 0 Å². The monoisotopic (exact) mass is 222 g/mol. The van der Waals surface area contributed by atoms with Gasteiger partial charge in [-0.15, -0.1) is 12.3 Å². The van der Waals surface area contributed by atoms with Crippen molar-refractivity contribution in [2.45, 2.75) is 32.3 Å². The minimum Gasteiger partial charge on any atom is -0.388 e. The van der Waals surface area contributed by atoms with E-state index in [4.69, 9.17) is 18.0 Å². The number of aryl methyl sites for hydroxylation is 1. The minimum atomic E-state index is -0.461. The van der Waals surface area contributed by atoms with Crippen LogP contribution in [0.1, 0.15) is 36.5 Å². The third kappa shape index (κ3) is 3.58. The predicted octanol–water partition coefficient (Wildman–Crippen LogP) is 3.49. The zero-order chi connectivity index (χ0) is 11.3. The topological polar surface area (TPSA) is 20.2 Å². The lowest BCUT2D eigenvalue weighted by Gasteiger charge is -2.13. The van der Waals surface area contributed by atoms with E-state index in [1.54, 1.807) is 0 Å². The molecule has 0 bridgehead atoms. The van der Waals surface area contributed by atoms with Crippen molar-refractivity contribution in [3.05, 3.63) is 34.3 Å². The number of rotatable bonds is 4. The van der Waals surface area contributed by atoms with E-state index in [1.165, 1.54) is 0 Å². The molecule has 80 valence electrons. The van der Waals surface area contributed by atoms with Crippen molar-refractivity contribution in [2.75, 3.05) is 0 Å². The molecule has 1 N–H and O–H groups in total. The van der Waals surface area contributed by atoms with Gasteiger partial charge in [0.1, 0.15) is 0 Å². The largest absolute Gasteiger partial charge is 0.388 e. The SMILES string of the molecule is C#CCCCC(O)c1cc(Cl)ccc1C. The molecular weight excluding hydrogens is 208 g/mol. The number of benzene rings is 1. The fraction of sp³-hybridized carbons (Fsp3) is 0.385. The summed E-state index contributed by atoms with van der Waals surface area (Å²) in [6, 6.07) is 5.56. The standard InChI is InChI=1S/C13H15ClO/c1-3-4-5-6-13(15)12-9-11(14)8-7-10(12)2/h1,7-9,13,15H,4-6H2,2H3. The summed E-state index contributed by atoms with van der Waals surface area (Å²) in [4.78, 5) is 0. The maximum Gasteiger partial charge on any atom is 0.0793 e. The molecule has 0 spiro atoms. The van der Waals surface area contributed by atoms with Gasteiger partial charge in [0.05, 0.1) is 6.10 Å². The first-order valence-electron chi connectivity index (χ1n) is 5.02. The first kappa shape index (κ1) is 12.1. The van der Waals surface area contributed by atoms with Crippen molar-refractivity contribution in [2.24, 2.45) is 0 Å². The van der Waals surface area contributed by atoms with Crippen LogP contribution in [-0.2, 0) is 0 Å².